The molecule has 3 rings (SSSR count). The normalized spacial score (nSPS) is 9.21. The van der Waals surface area contributed by atoms with Gasteiger partial charge in [-0.2, -0.15) is 0 Å². The summed E-state index contributed by atoms with van der Waals surface area (Å²) in [4.78, 5) is 20.8. The first kappa shape index (κ1) is 22.2. The van der Waals surface area contributed by atoms with E-state index in [0.717, 1.165) is 11.1 Å². The van der Waals surface area contributed by atoms with Crippen molar-refractivity contribution in [2.45, 2.75) is 13.8 Å². The highest BCUT2D eigenvalue weighted by atomic mass is 16.4. The van der Waals surface area contributed by atoms with E-state index < -0.39 is 11.9 Å². The van der Waals surface area contributed by atoms with Gasteiger partial charge in [0.1, 0.15) is 0 Å². The molecule has 146 valence electrons. The lowest BCUT2D eigenvalue weighted by Crippen LogP contribution is -1.97. The van der Waals surface area contributed by atoms with Crippen LogP contribution < -0.4 is 0 Å². The third kappa shape index (κ3) is 7.21. The van der Waals surface area contributed by atoms with Crippen LogP contribution in [-0.2, 0) is 0 Å². The van der Waals surface area contributed by atoms with Gasteiger partial charge in [-0.15, -0.1) is 0 Å². The van der Waals surface area contributed by atoms with Gasteiger partial charge in [0.2, 0.25) is 0 Å². The SMILES string of the molecule is Cc1ccccc1C(=O)O.Cc1ccccc1C(=O)O.Oc1ccccc1O. The molecule has 0 fully saturated rings. The van der Waals surface area contributed by atoms with E-state index in [1.165, 1.54) is 12.1 Å². The van der Waals surface area contributed by atoms with Crippen LogP contribution in [0.3, 0.4) is 0 Å². The van der Waals surface area contributed by atoms with Crippen LogP contribution in [0.1, 0.15) is 31.8 Å². The number of hydrogen-bond acceptors (Lipinski definition) is 4. The standard InChI is InChI=1S/2C8H8O2.C6H6O2/c2*1-6-4-2-3-5-7(6)8(9)10;7-5-3-1-2-4-6(5)8/h2*2-5H,1H3,(H,9,10);1-4,7-8H. The summed E-state index contributed by atoms with van der Waals surface area (Å²) in [6.07, 6.45) is 0. The summed E-state index contributed by atoms with van der Waals surface area (Å²) in [6.45, 7) is 3.56. The maximum absolute atomic E-state index is 10.4. The number of aryl methyl sites for hydroxylation is 2. The van der Waals surface area contributed by atoms with E-state index in [1.54, 1.807) is 62.4 Å². The number of aromatic carboxylic acids is 2. The van der Waals surface area contributed by atoms with Gasteiger partial charge in [0, 0.05) is 0 Å². The maximum atomic E-state index is 10.4. The predicted octanol–water partition coefficient (Wildman–Crippen LogP) is 4.48. The molecule has 0 spiro atoms. The first-order chi connectivity index (χ1) is 13.2. The highest BCUT2D eigenvalue weighted by Gasteiger charge is 2.03. The van der Waals surface area contributed by atoms with Gasteiger partial charge in [-0.25, -0.2) is 9.59 Å². The van der Waals surface area contributed by atoms with Gasteiger partial charge in [-0.3, -0.25) is 0 Å². The number of carboxylic acid groups (broad SMARTS) is 2. The Bertz CT molecular complexity index is 857. The molecule has 28 heavy (non-hydrogen) atoms. The first-order valence-corrected chi connectivity index (χ1v) is 8.28. The molecule has 0 bridgehead atoms. The molecule has 0 amide bonds. The Balaban J connectivity index is 0.000000212. The van der Waals surface area contributed by atoms with E-state index in [2.05, 4.69) is 0 Å². The maximum Gasteiger partial charge on any atom is 0.335 e. The van der Waals surface area contributed by atoms with Crippen molar-refractivity contribution in [3.63, 3.8) is 0 Å². The third-order valence-corrected chi connectivity index (χ3v) is 3.63. The summed E-state index contributed by atoms with van der Waals surface area (Å²) < 4.78 is 0. The average Bonchev–Trinajstić information content (AvgIpc) is 2.65. The molecule has 0 unspecified atom stereocenters. The van der Waals surface area contributed by atoms with Crippen molar-refractivity contribution < 1.29 is 30.0 Å². The lowest BCUT2D eigenvalue weighted by atomic mass is 10.1. The summed E-state index contributed by atoms with van der Waals surface area (Å²) >= 11 is 0. The van der Waals surface area contributed by atoms with Crippen LogP contribution in [0.25, 0.3) is 0 Å². The molecular weight excluding hydrogens is 360 g/mol. The number of rotatable bonds is 2. The van der Waals surface area contributed by atoms with Crippen molar-refractivity contribution in [2.24, 2.45) is 0 Å². The lowest BCUT2D eigenvalue weighted by Gasteiger charge is -1.96. The third-order valence-electron chi connectivity index (χ3n) is 3.63. The number of para-hydroxylation sites is 2. The molecule has 3 aromatic carbocycles. The van der Waals surface area contributed by atoms with Crippen LogP contribution in [0.2, 0.25) is 0 Å². The van der Waals surface area contributed by atoms with Gasteiger partial charge in [0.05, 0.1) is 11.1 Å². The lowest BCUT2D eigenvalue weighted by molar-refractivity contribution is 0.0685. The highest BCUT2D eigenvalue weighted by molar-refractivity contribution is 5.89. The van der Waals surface area contributed by atoms with Crippen molar-refractivity contribution >= 4 is 11.9 Å². The summed E-state index contributed by atoms with van der Waals surface area (Å²) in [5.74, 6) is -1.88. The molecule has 0 radical (unpaired) electrons. The van der Waals surface area contributed by atoms with Crippen LogP contribution in [-0.4, -0.2) is 32.4 Å². The minimum Gasteiger partial charge on any atom is -0.504 e. The number of phenolic OH excluding ortho intramolecular Hbond substituents is 2. The van der Waals surface area contributed by atoms with Crippen LogP contribution >= 0.6 is 0 Å². The largest absolute Gasteiger partial charge is 0.504 e. The molecule has 4 N–H and O–H groups in total. The molecule has 0 saturated carbocycles. The second-order valence-corrected chi connectivity index (χ2v) is 5.73. The Morgan fingerprint density at radius 1 is 0.571 bits per heavy atom. The topological polar surface area (TPSA) is 115 Å². The zero-order chi connectivity index (χ0) is 21.1. The van der Waals surface area contributed by atoms with E-state index in [1.807, 2.05) is 12.1 Å². The van der Waals surface area contributed by atoms with Gasteiger partial charge in [0.25, 0.3) is 0 Å². The van der Waals surface area contributed by atoms with Crippen molar-refractivity contribution in [1.82, 2.24) is 0 Å². The predicted molar refractivity (Wildman–Crippen MR) is 106 cm³/mol. The van der Waals surface area contributed by atoms with Gasteiger partial charge in [0.15, 0.2) is 11.5 Å². The summed E-state index contributed by atoms with van der Waals surface area (Å²) in [7, 11) is 0. The van der Waals surface area contributed by atoms with Gasteiger partial charge < -0.3 is 20.4 Å². The van der Waals surface area contributed by atoms with Crippen molar-refractivity contribution in [1.29, 1.82) is 0 Å². The second-order valence-electron chi connectivity index (χ2n) is 5.73. The Morgan fingerprint density at radius 2 is 0.857 bits per heavy atom. The van der Waals surface area contributed by atoms with Crippen molar-refractivity contribution in [3.8, 4) is 11.5 Å². The minimum absolute atomic E-state index is 0.0764. The minimum atomic E-state index is -0.863. The fourth-order valence-corrected chi connectivity index (χ4v) is 2.09. The smallest absolute Gasteiger partial charge is 0.335 e. The van der Waals surface area contributed by atoms with Crippen LogP contribution in [0.5, 0.6) is 11.5 Å². The van der Waals surface area contributed by atoms with Crippen molar-refractivity contribution in [3.05, 3.63) is 95.1 Å². The van der Waals surface area contributed by atoms with Crippen LogP contribution in [0.15, 0.2) is 72.8 Å². The second kappa shape index (κ2) is 11.0. The van der Waals surface area contributed by atoms with Gasteiger partial charge >= 0.3 is 11.9 Å². The molecule has 6 heteroatoms. The van der Waals surface area contributed by atoms with E-state index in [0.29, 0.717) is 11.1 Å². The Hall–Kier alpha value is -3.80. The number of phenols is 2. The average molecular weight is 382 g/mol. The van der Waals surface area contributed by atoms with E-state index >= 15 is 0 Å². The summed E-state index contributed by atoms with van der Waals surface area (Å²) in [5, 5.41) is 34.5. The first-order valence-electron chi connectivity index (χ1n) is 8.28. The number of carboxylic acids is 2. The molecule has 0 aromatic heterocycles. The Kier molecular flexibility index (Phi) is 8.76. The number of aromatic hydroxyl groups is 2. The number of hydrogen-bond donors (Lipinski definition) is 4. The Morgan fingerprint density at radius 3 is 1.07 bits per heavy atom. The fraction of sp³-hybridized carbons (Fsp3) is 0.0909. The molecule has 0 saturated heterocycles. The van der Waals surface area contributed by atoms with E-state index in [4.69, 9.17) is 20.4 Å². The molecule has 0 aliphatic carbocycles. The van der Waals surface area contributed by atoms with Crippen LogP contribution in [0, 0.1) is 13.8 Å². The summed E-state index contributed by atoms with van der Waals surface area (Å²) in [5.41, 5.74) is 2.36. The number of benzene rings is 3. The quantitative estimate of drug-likeness (QED) is 0.486. The molecule has 0 aliphatic heterocycles. The van der Waals surface area contributed by atoms with Gasteiger partial charge in [-0.05, 0) is 49.2 Å². The number of carbonyl (C=O) groups is 2. The molecular formula is C22H22O6. The van der Waals surface area contributed by atoms with E-state index in [9.17, 15) is 9.59 Å². The molecule has 3 aromatic rings. The van der Waals surface area contributed by atoms with E-state index in [-0.39, 0.29) is 11.5 Å². The zero-order valence-corrected chi connectivity index (χ0v) is 15.5. The molecule has 6 nitrogen and oxygen atoms in total. The van der Waals surface area contributed by atoms with Crippen LogP contribution in [0.4, 0.5) is 0 Å². The molecule has 0 atom stereocenters. The fourth-order valence-electron chi connectivity index (χ4n) is 2.09. The zero-order valence-electron chi connectivity index (χ0n) is 15.5. The summed E-state index contributed by atoms with van der Waals surface area (Å²) in [6, 6.07) is 20.0. The monoisotopic (exact) mass is 382 g/mol. The van der Waals surface area contributed by atoms with Crippen molar-refractivity contribution in [2.75, 3.05) is 0 Å². The highest BCUT2D eigenvalue weighted by Crippen LogP contribution is 2.21. The Labute approximate surface area is 163 Å². The van der Waals surface area contributed by atoms with Gasteiger partial charge in [-0.1, -0.05) is 48.5 Å². The molecule has 0 aliphatic rings. The molecule has 0 heterocycles.